The molecule has 0 rings (SSSR count). The molecule has 0 saturated carbocycles. The minimum atomic E-state index is -1.42. The van der Waals surface area contributed by atoms with E-state index in [0.29, 0.717) is 0 Å². The summed E-state index contributed by atoms with van der Waals surface area (Å²) in [6.45, 7) is 0. The second-order valence-corrected chi connectivity index (χ2v) is 1.12. The fourth-order valence-electron chi connectivity index (χ4n) is 0.190. The molecular formula is C4H5LiO4. The second kappa shape index (κ2) is 5.67. The van der Waals surface area contributed by atoms with Crippen molar-refractivity contribution in [3.63, 3.8) is 0 Å². The molecule has 0 radical (unpaired) electrons. The van der Waals surface area contributed by atoms with Crippen molar-refractivity contribution in [1.82, 2.24) is 0 Å². The van der Waals surface area contributed by atoms with Gasteiger partial charge in [0.05, 0.1) is 19.5 Å². The summed E-state index contributed by atoms with van der Waals surface area (Å²) in [6.07, 6.45) is -0.670. The first kappa shape index (κ1) is 11.3. The van der Waals surface area contributed by atoms with E-state index in [1.807, 2.05) is 0 Å². The Morgan fingerprint density at radius 1 is 1.56 bits per heavy atom. The Hall–Kier alpha value is -0.463. The molecule has 0 heterocycles. The average Bonchev–Trinajstić information content (AvgIpc) is 1.65. The summed E-state index contributed by atoms with van der Waals surface area (Å²) in [6, 6.07) is 0. The summed E-state index contributed by atoms with van der Waals surface area (Å²) < 4.78 is 4.00. The van der Waals surface area contributed by atoms with Gasteiger partial charge in [0.1, 0.15) is 0 Å². The van der Waals surface area contributed by atoms with Crippen molar-refractivity contribution in [3.05, 3.63) is 0 Å². The molecule has 0 amide bonds. The van der Waals surface area contributed by atoms with Crippen LogP contribution in [0.1, 0.15) is 6.42 Å². The Morgan fingerprint density at radius 2 is 2.00 bits per heavy atom. The van der Waals surface area contributed by atoms with Gasteiger partial charge < -0.3 is 14.6 Å². The van der Waals surface area contributed by atoms with Gasteiger partial charge >= 0.3 is 24.8 Å². The van der Waals surface area contributed by atoms with E-state index in [1.54, 1.807) is 0 Å². The maximum atomic E-state index is 9.98. The minimum absolute atomic E-state index is 0. The maximum Gasteiger partial charge on any atom is 1.00 e. The second-order valence-electron chi connectivity index (χ2n) is 1.12. The summed E-state index contributed by atoms with van der Waals surface area (Å²) in [4.78, 5) is 19.5. The number of carboxylic acids is 1. The third-order valence-electron chi connectivity index (χ3n) is 0.516. The molecule has 0 aromatic rings. The number of aliphatic carboxylic acids is 1. The summed E-state index contributed by atoms with van der Waals surface area (Å²) in [5.41, 5.74) is 0. The van der Waals surface area contributed by atoms with Gasteiger partial charge in [-0.25, -0.2) is 0 Å². The summed E-state index contributed by atoms with van der Waals surface area (Å²) in [5.74, 6) is -2.21. The maximum absolute atomic E-state index is 9.98. The molecule has 0 bridgehead atoms. The molecule has 0 N–H and O–H groups in total. The van der Waals surface area contributed by atoms with Gasteiger partial charge in [0.15, 0.2) is 0 Å². The number of hydrogen-bond acceptors (Lipinski definition) is 4. The van der Waals surface area contributed by atoms with Gasteiger partial charge in [-0.2, -0.15) is 0 Å². The van der Waals surface area contributed by atoms with Crippen molar-refractivity contribution in [2.45, 2.75) is 6.42 Å². The fraction of sp³-hybridized carbons (Fsp3) is 0.500. The summed E-state index contributed by atoms with van der Waals surface area (Å²) in [5, 5.41) is 9.56. The van der Waals surface area contributed by atoms with Gasteiger partial charge in [-0.3, -0.25) is 4.79 Å². The molecule has 0 aliphatic heterocycles. The largest absolute Gasteiger partial charge is 1.00 e. The van der Waals surface area contributed by atoms with Gasteiger partial charge in [-0.1, -0.05) is 0 Å². The SMILES string of the molecule is COC(=O)CC(=O)[O-].[Li+]. The first-order valence-electron chi connectivity index (χ1n) is 1.93. The number of hydrogen-bond donors (Lipinski definition) is 0. The van der Waals surface area contributed by atoms with Crippen LogP contribution in [0.3, 0.4) is 0 Å². The van der Waals surface area contributed by atoms with Crippen LogP contribution >= 0.6 is 0 Å². The molecular weight excluding hydrogens is 119 g/mol. The van der Waals surface area contributed by atoms with Crippen LogP contribution in [0.5, 0.6) is 0 Å². The topological polar surface area (TPSA) is 66.4 Å². The summed E-state index contributed by atoms with van der Waals surface area (Å²) >= 11 is 0. The molecule has 0 aromatic heterocycles. The van der Waals surface area contributed by atoms with Gasteiger partial charge in [-0.05, 0) is 0 Å². The van der Waals surface area contributed by atoms with Gasteiger partial charge in [-0.15, -0.1) is 0 Å². The van der Waals surface area contributed by atoms with Crippen molar-refractivity contribution >= 4 is 11.9 Å². The monoisotopic (exact) mass is 124 g/mol. The van der Waals surface area contributed by atoms with E-state index in [1.165, 1.54) is 0 Å². The molecule has 0 unspecified atom stereocenters. The van der Waals surface area contributed by atoms with E-state index >= 15 is 0 Å². The minimum Gasteiger partial charge on any atom is -0.550 e. The molecule has 4 nitrogen and oxygen atoms in total. The summed E-state index contributed by atoms with van der Waals surface area (Å²) in [7, 11) is 1.12. The zero-order chi connectivity index (χ0) is 6.57. The average molecular weight is 124 g/mol. The van der Waals surface area contributed by atoms with Crippen molar-refractivity contribution < 1.29 is 38.3 Å². The van der Waals surface area contributed by atoms with E-state index < -0.39 is 18.4 Å². The number of methoxy groups -OCH3 is 1. The number of carbonyl (C=O) groups excluding carboxylic acids is 2. The van der Waals surface area contributed by atoms with Crippen LogP contribution in [-0.4, -0.2) is 19.0 Å². The van der Waals surface area contributed by atoms with Crippen molar-refractivity contribution in [1.29, 1.82) is 0 Å². The molecule has 46 valence electrons. The van der Waals surface area contributed by atoms with Crippen LogP contribution < -0.4 is 24.0 Å². The van der Waals surface area contributed by atoms with Crippen LogP contribution in [0.4, 0.5) is 0 Å². The van der Waals surface area contributed by atoms with Crippen LogP contribution in [0.15, 0.2) is 0 Å². The van der Waals surface area contributed by atoms with Gasteiger partial charge in [0.25, 0.3) is 0 Å². The standard InChI is InChI=1S/C4H6O4.Li/c1-8-4(7)2-3(5)6;/h2H2,1H3,(H,5,6);/q;+1/p-1. The van der Waals surface area contributed by atoms with Crippen molar-refractivity contribution in [2.24, 2.45) is 0 Å². The zero-order valence-electron chi connectivity index (χ0n) is 5.34. The Bertz CT molecular complexity index is 111. The molecule has 0 aromatic carbocycles. The van der Waals surface area contributed by atoms with Crippen LogP contribution in [0.2, 0.25) is 0 Å². The Morgan fingerprint density at radius 3 is 2.11 bits per heavy atom. The van der Waals surface area contributed by atoms with E-state index in [4.69, 9.17) is 0 Å². The quantitative estimate of drug-likeness (QED) is 0.211. The first-order valence-corrected chi connectivity index (χ1v) is 1.93. The van der Waals surface area contributed by atoms with Crippen LogP contribution in [0, 0.1) is 0 Å². The predicted molar refractivity (Wildman–Crippen MR) is 21.6 cm³/mol. The number of carboxylic acid groups (broad SMARTS) is 1. The number of ether oxygens (including phenoxy) is 1. The molecule has 0 aliphatic carbocycles. The van der Waals surface area contributed by atoms with Crippen molar-refractivity contribution in [3.8, 4) is 0 Å². The van der Waals surface area contributed by atoms with Gasteiger partial charge in [0.2, 0.25) is 0 Å². The number of carbonyl (C=O) groups is 2. The molecule has 9 heavy (non-hydrogen) atoms. The van der Waals surface area contributed by atoms with Gasteiger partial charge in [0, 0.05) is 0 Å². The van der Waals surface area contributed by atoms with Crippen molar-refractivity contribution in [2.75, 3.05) is 7.11 Å². The third kappa shape index (κ3) is 7.54. The van der Waals surface area contributed by atoms with E-state index in [-0.39, 0.29) is 18.9 Å². The zero-order valence-corrected chi connectivity index (χ0v) is 5.34. The Labute approximate surface area is 64.4 Å². The Kier molecular flexibility index (Phi) is 7.15. The molecule has 0 aliphatic rings. The molecule has 5 heteroatoms. The van der Waals surface area contributed by atoms with E-state index in [2.05, 4.69) is 4.74 Å². The number of rotatable bonds is 2. The first-order chi connectivity index (χ1) is 3.66. The fourth-order valence-corrected chi connectivity index (χ4v) is 0.190. The van der Waals surface area contributed by atoms with E-state index in [9.17, 15) is 14.7 Å². The molecule has 0 spiro atoms. The van der Waals surface area contributed by atoms with Crippen LogP contribution in [0.25, 0.3) is 0 Å². The third-order valence-corrected chi connectivity index (χ3v) is 0.516. The van der Waals surface area contributed by atoms with Crippen LogP contribution in [-0.2, 0) is 14.3 Å². The smallest absolute Gasteiger partial charge is 0.550 e. The van der Waals surface area contributed by atoms with E-state index in [0.717, 1.165) is 7.11 Å². The molecule has 0 saturated heterocycles. The normalized spacial score (nSPS) is 7.22. The predicted octanol–water partition coefficient (Wildman–Crippen LogP) is -4.70. The number of esters is 1. The molecule has 0 atom stereocenters. The molecule has 0 fully saturated rings. The Balaban J connectivity index is 0.